The van der Waals surface area contributed by atoms with Gasteiger partial charge in [-0.15, -0.1) is 0 Å². The molecule has 0 saturated heterocycles. The van der Waals surface area contributed by atoms with E-state index in [1.165, 1.54) is 33.2 Å². The molecule has 0 saturated carbocycles. The Morgan fingerprint density at radius 1 is 0.600 bits per heavy atom. The Balaban J connectivity index is 1.08. The van der Waals surface area contributed by atoms with Gasteiger partial charge in [0.2, 0.25) is 0 Å². The molecule has 0 aliphatic heterocycles. The highest BCUT2D eigenvalue weighted by Gasteiger charge is 2.19. The minimum Gasteiger partial charge on any atom is -0.458 e. The van der Waals surface area contributed by atoms with Gasteiger partial charge in [0, 0.05) is 35.4 Å². The van der Waals surface area contributed by atoms with E-state index in [9.17, 15) is 0 Å². The van der Waals surface area contributed by atoms with E-state index in [2.05, 4.69) is 166 Å². The number of para-hydroxylation sites is 2. The van der Waals surface area contributed by atoms with Gasteiger partial charge in [0.05, 0.1) is 22.4 Å². The summed E-state index contributed by atoms with van der Waals surface area (Å²) in [5.74, 6) is 3.15. The maximum absolute atomic E-state index is 6.61. The van der Waals surface area contributed by atoms with Crippen LogP contribution < -0.4 is 9.30 Å². The first-order chi connectivity index (χ1) is 26.9. The molecule has 0 unspecified atom stereocenters. The highest BCUT2D eigenvalue weighted by Crippen LogP contribution is 2.39. The average molecular weight is 715 g/mol. The van der Waals surface area contributed by atoms with Gasteiger partial charge in [-0.2, -0.15) is 0 Å². The molecule has 5 nitrogen and oxygen atoms in total. The van der Waals surface area contributed by atoms with Crippen molar-refractivity contribution in [3.63, 3.8) is 0 Å². The zero-order chi connectivity index (χ0) is 37.5. The third kappa shape index (κ3) is 6.38. The van der Waals surface area contributed by atoms with Crippen molar-refractivity contribution < 1.29 is 9.30 Å². The van der Waals surface area contributed by atoms with E-state index in [0.29, 0.717) is 11.8 Å². The van der Waals surface area contributed by atoms with Crippen molar-refractivity contribution in [2.75, 3.05) is 0 Å². The van der Waals surface area contributed by atoms with Crippen molar-refractivity contribution >= 4 is 21.8 Å². The number of aromatic nitrogens is 4. The van der Waals surface area contributed by atoms with E-state index in [-0.39, 0.29) is 0 Å². The van der Waals surface area contributed by atoms with Gasteiger partial charge < -0.3 is 4.74 Å². The number of hydrogen-bond acceptors (Lipinski definition) is 2. The van der Waals surface area contributed by atoms with Crippen LogP contribution in [0.2, 0.25) is 0 Å². The zero-order valence-electron chi connectivity index (χ0n) is 31.5. The molecule has 0 aliphatic carbocycles. The number of benzene rings is 6. The van der Waals surface area contributed by atoms with Gasteiger partial charge in [-0.25, -0.2) is 4.98 Å². The maximum Gasteiger partial charge on any atom is 0.268 e. The number of pyridine rings is 1. The summed E-state index contributed by atoms with van der Waals surface area (Å²) in [6.45, 7) is 9.09. The lowest BCUT2D eigenvalue weighted by Gasteiger charge is -2.20. The molecule has 0 amide bonds. The summed E-state index contributed by atoms with van der Waals surface area (Å²) in [5, 5.41) is 2.32. The summed E-state index contributed by atoms with van der Waals surface area (Å²) in [4.78, 5) is 4.98. The SMILES string of the molecule is CC(C)c1cccc(C(C)C)c1-c1ccnc(-n2c3ccccc3c3ccc(Oc4cccc(-n5[c-][n+](-c6ccccc6-c6ccccc6)cc5)c4)cc32)c1. The van der Waals surface area contributed by atoms with Gasteiger partial charge >= 0.3 is 0 Å². The Kier molecular flexibility index (Phi) is 8.83. The molecule has 0 aliphatic rings. The predicted molar refractivity (Wildman–Crippen MR) is 224 cm³/mol. The van der Waals surface area contributed by atoms with E-state index >= 15 is 0 Å². The monoisotopic (exact) mass is 714 g/mol. The number of hydrogen-bond donors (Lipinski definition) is 0. The van der Waals surface area contributed by atoms with Gasteiger partial charge in [0.1, 0.15) is 17.3 Å². The molecule has 55 heavy (non-hydrogen) atoms. The molecule has 0 N–H and O–H groups in total. The molecule has 3 heterocycles. The molecular formula is C50H42N4O. The lowest BCUT2D eigenvalue weighted by Crippen LogP contribution is -2.29. The van der Waals surface area contributed by atoms with E-state index < -0.39 is 0 Å². The number of imidazole rings is 1. The molecule has 6 aromatic carbocycles. The second-order valence-electron chi connectivity index (χ2n) is 14.7. The van der Waals surface area contributed by atoms with Crippen LogP contribution in [-0.2, 0) is 0 Å². The van der Waals surface area contributed by atoms with Crippen molar-refractivity contribution in [2.45, 2.75) is 39.5 Å². The van der Waals surface area contributed by atoms with E-state index in [0.717, 1.165) is 50.7 Å². The summed E-state index contributed by atoms with van der Waals surface area (Å²) in [6.07, 6.45) is 9.52. The van der Waals surface area contributed by atoms with Crippen LogP contribution in [0, 0.1) is 6.33 Å². The van der Waals surface area contributed by atoms with Crippen molar-refractivity contribution in [1.29, 1.82) is 0 Å². The van der Waals surface area contributed by atoms with Crippen LogP contribution in [0.1, 0.15) is 50.7 Å². The molecule has 0 bridgehead atoms. The van der Waals surface area contributed by atoms with Gasteiger partial charge in [-0.3, -0.25) is 13.7 Å². The first-order valence-corrected chi connectivity index (χ1v) is 19.0. The fraction of sp³-hybridized carbons (Fsp3) is 0.120. The van der Waals surface area contributed by atoms with Gasteiger partial charge in [0.25, 0.3) is 6.33 Å². The zero-order valence-corrected chi connectivity index (χ0v) is 31.5. The molecule has 0 spiro atoms. The molecule has 5 heteroatoms. The van der Waals surface area contributed by atoms with Crippen molar-refractivity contribution in [1.82, 2.24) is 14.1 Å². The standard InChI is InChI=1S/C50H42N4O/c1-34(2)41-20-13-21-42(35(3)4)50(41)37-26-27-51-49(30-37)54-47-23-11-9-19-44(47)45-25-24-40(32-48(45)54)55-39-17-12-16-38(31-39)52-28-29-53(33-52)46-22-10-8-18-43(46)36-14-6-5-7-15-36/h5-32,34-35H,1-4H3. The molecule has 3 aromatic heterocycles. The van der Waals surface area contributed by atoms with Gasteiger partial charge in [-0.1, -0.05) is 119 Å². The quantitative estimate of drug-likeness (QED) is 0.110. The van der Waals surface area contributed by atoms with Crippen LogP contribution in [-0.4, -0.2) is 14.1 Å². The molecule has 9 rings (SSSR count). The van der Waals surface area contributed by atoms with Crippen molar-refractivity contribution in [2.24, 2.45) is 0 Å². The number of ether oxygens (including phenoxy) is 1. The predicted octanol–water partition coefficient (Wildman–Crippen LogP) is 12.4. The summed E-state index contributed by atoms with van der Waals surface area (Å²) < 4.78 is 12.9. The third-order valence-corrected chi connectivity index (χ3v) is 10.4. The molecular weight excluding hydrogens is 673 g/mol. The van der Waals surface area contributed by atoms with Crippen LogP contribution in [0.25, 0.3) is 61.3 Å². The van der Waals surface area contributed by atoms with Crippen molar-refractivity contribution in [3.05, 3.63) is 188 Å². The molecule has 0 atom stereocenters. The van der Waals surface area contributed by atoms with E-state index in [4.69, 9.17) is 9.72 Å². The Hall–Kier alpha value is -6.72. The van der Waals surface area contributed by atoms with Crippen LogP contribution in [0.3, 0.4) is 0 Å². The maximum atomic E-state index is 6.61. The van der Waals surface area contributed by atoms with Crippen LogP contribution in [0.15, 0.2) is 170 Å². The average Bonchev–Trinajstić information content (AvgIpc) is 3.84. The van der Waals surface area contributed by atoms with Crippen LogP contribution >= 0.6 is 0 Å². The summed E-state index contributed by atoms with van der Waals surface area (Å²) in [7, 11) is 0. The number of fused-ring (bicyclic) bond motifs is 3. The number of nitrogens with zero attached hydrogens (tertiary/aromatic N) is 4. The van der Waals surface area contributed by atoms with Crippen LogP contribution in [0.4, 0.5) is 0 Å². The Morgan fingerprint density at radius 3 is 2.13 bits per heavy atom. The Morgan fingerprint density at radius 2 is 1.31 bits per heavy atom. The second-order valence-corrected chi connectivity index (χ2v) is 14.7. The number of rotatable bonds is 9. The minimum atomic E-state index is 0.393. The third-order valence-electron chi connectivity index (χ3n) is 10.4. The smallest absolute Gasteiger partial charge is 0.268 e. The Labute approximate surface area is 322 Å². The summed E-state index contributed by atoms with van der Waals surface area (Å²) in [6, 6.07) is 53.0. The van der Waals surface area contributed by atoms with Gasteiger partial charge in [0.15, 0.2) is 0 Å². The summed E-state index contributed by atoms with van der Waals surface area (Å²) in [5.41, 5.74) is 11.7. The molecule has 268 valence electrons. The van der Waals surface area contributed by atoms with E-state index in [1.54, 1.807) is 0 Å². The largest absolute Gasteiger partial charge is 0.458 e. The Bertz CT molecular complexity index is 2780. The van der Waals surface area contributed by atoms with Crippen molar-refractivity contribution in [3.8, 4) is 50.9 Å². The second kappa shape index (κ2) is 14.3. The first-order valence-electron chi connectivity index (χ1n) is 19.0. The molecule has 0 radical (unpaired) electrons. The van der Waals surface area contributed by atoms with E-state index in [1.807, 2.05) is 52.0 Å². The molecule has 0 fully saturated rings. The minimum absolute atomic E-state index is 0.393. The van der Waals surface area contributed by atoms with Gasteiger partial charge in [-0.05, 0) is 99.8 Å². The normalized spacial score (nSPS) is 11.6. The lowest BCUT2D eigenvalue weighted by atomic mass is 9.85. The summed E-state index contributed by atoms with van der Waals surface area (Å²) >= 11 is 0. The van der Waals surface area contributed by atoms with Crippen LogP contribution in [0.5, 0.6) is 11.5 Å². The highest BCUT2D eigenvalue weighted by atomic mass is 16.5. The molecule has 9 aromatic rings. The lowest BCUT2D eigenvalue weighted by molar-refractivity contribution is -0.598. The fourth-order valence-corrected chi connectivity index (χ4v) is 7.81. The first kappa shape index (κ1) is 34.1. The fourth-order valence-electron chi connectivity index (χ4n) is 7.81. The highest BCUT2D eigenvalue weighted by molar-refractivity contribution is 6.09. The topological polar surface area (TPSA) is 35.9 Å².